The number of ether oxygens (including phenoxy) is 3. The van der Waals surface area contributed by atoms with Crippen molar-refractivity contribution in [2.24, 2.45) is 0 Å². The molecule has 5 heteroatoms. The Hall–Kier alpha value is -2.14. The van der Waals surface area contributed by atoms with E-state index >= 15 is 0 Å². The van der Waals surface area contributed by atoms with Crippen molar-refractivity contribution in [1.82, 2.24) is 0 Å². The van der Waals surface area contributed by atoms with Crippen molar-refractivity contribution in [1.29, 1.82) is 0 Å². The second-order valence-electron chi connectivity index (χ2n) is 15.3. The number of rotatable bonds is 42. The average Bonchev–Trinajstić information content (AvgIpc) is 3.17. The molecular weight excluding hydrogens is 669 g/mol. The molecule has 0 bridgehead atoms. The van der Waals surface area contributed by atoms with Crippen LogP contribution in [0.2, 0.25) is 0 Å². The molecule has 0 aliphatic carbocycles. The quantitative estimate of drug-likeness (QED) is 0.0353. The van der Waals surface area contributed by atoms with E-state index in [1.54, 1.807) is 0 Å². The summed E-state index contributed by atoms with van der Waals surface area (Å²) >= 11 is 0. The summed E-state index contributed by atoms with van der Waals surface area (Å²) < 4.78 is 17.2. The van der Waals surface area contributed by atoms with E-state index in [1.807, 2.05) is 6.08 Å². The molecule has 0 radical (unpaired) electrons. The number of carbonyl (C=O) groups is 2. The number of esters is 2. The Morgan fingerprint density at radius 2 is 0.833 bits per heavy atom. The molecule has 1 atom stereocenters. The molecule has 54 heavy (non-hydrogen) atoms. The van der Waals surface area contributed by atoms with E-state index in [0.717, 1.165) is 51.4 Å². The molecule has 0 aromatic heterocycles. The molecule has 0 fully saturated rings. The maximum Gasteiger partial charge on any atom is 0.306 e. The van der Waals surface area contributed by atoms with Crippen LogP contribution in [0.5, 0.6) is 0 Å². The van der Waals surface area contributed by atoms with Crippen LogP contribution in [0.25, 0.3) is 0 Å². The fourth-order valence-electron chi connectivity index (χ4n) is 6.46. The molecule has 0 rings (SSSR count). The zero-order valence-electron chi connectivity index (χ0n) is 36.0. The summed E-state index contributed by atoms with van der Waals surface area (Å²) in [6.45, 7) is 7.64. The van der Waals surface area contributed by atoms with E-state index in [2.05, 4.69) is 63.3 Å². The Balaban J connectivity index is 4.22. The summed E-state index contributed by atoms with van der Waals surface area (Å²) in [4.78, 5) is 25.2. The predicted molar refractivity (Wildman–Crippen MR) is 233 cm³/mol. The van der Waals surface area contributed by atoms with Gasteiger partial charge in [-0.15, -0.1) is 0 Å². The Morgan fingerprint density at radius 3 is 1.30 bits per heavy atom. The first-order chi connectivity index (χ1) is 26.6. The Bertz CT molecular complexity index is 904. The first kappa shape index (κ1) is 51.9. The minimum absolute atomic E-state index is 0.0604. The van der Waals surface area contributed by atoms with E-state index in [-0.39, 0.29) is 25.2 Å². The molecule has 0 saturated carbocycles. The van der Waals surface area contributed by atoms with Gasteiger partial charge in [-0.2, -0.15) is 0 Å². The summed E-state index contributed by atoms with van der Waals surface area (Å²) in [6, 6.07) is 0. The first-order valence-corrected chi connectivity index (χ1v) is 23.2. The van der Waals surface area contributed by atoms with Crippen LogP contribution >= 0.6 is 0 Å². The highest BCUT2D eigenvalue weighted by Crippen LogP contribution is 2.15. The zero-order chi connectivity index (χ0) is 39.3. The molecule has 0 saturated heterocycles. The van der Waals surface area contributed by atoms with Crippen molar-refractivity contribution < 1.29 is 23.8 Å². The van der Waals surface area contributed by atoms with Gasteiger partial charge in [0, 0.05) is 19.4 Å². The van der Waals surface area contributed by atoms with Gasteiger partial charge in [-0.25, -0.2) is 0 Å². The van der Waals surface area contributed by atoms with Gasteiger partial charge in [0.15, 0.2) is 6.10 Å². The van der Waals surface area contributed by atoms with Crippen molar-refractivity contribution in [3.05, 3.63) is 48.6 Å². The lowest BCUT2D eigenvalue weighted by Gasteiger charge is -2.18. The zero-order valence-corrected chi connectivity index (χ0v) is 36.0. The van der Waals surface area contributed by atoms with Crippen molar-refractivity contribution in [3.63, 3.8) is 0 Å². The van der Waals surface area contributed by atoms with E-state index in [1.165, 1.54) is 135 Å². The lowest BCUT2D eigenvalue weighted by Crippen LogP contribution is -2.30. The number of carbonyl (C=O) groups excluding carboxylic acids is 2. The van der Waals surface area contributed by atoms with Crippen molar-refractivity contribution in [2.45, 2.75) is 232 Å². The summed E-state index contributed by atoms with van der Waals surface area (Å²) in [6.07, 6.45) is 54.1. The lowest BCUT2D eigenvalue weighted by atomic mass is 10.0. The van der Waals surface area contributed by atoms with Crippen LogP contribution < -0.4 is 0 Å². The third kappa shape index (κ3) is 42.6. The van der Waals surface area contributed by atoms with Crippen LogP contribution in [0.15, 0.2) is 48.6 Å². The monoisotopic (exact) mass is 757 g/mol. The van der Waals surface area contributed by atoms with Crippen molar-refractivity contribution >= 4 is 11.9 Å². The molecule has 0 spiro atoms. The number of unbranched alkanes of at least 4 members (excludes halogenated alkanes) is 23. The molecule has 0 aromatic rings. The highest BCUT2D eigenvalue weighted by Gasteiger charge is 2.17. The van der Waals surface area contributed by atoms with Crippen LogP contribution in [0.3, 0.4) is 0 Å². The van der Waals surface area contributed by atoms with Gasteiger partial charge in [0.2, 0.25) is 0 Å². The smallest absolute Gasteiger partial charge is 0.306 e. The minimum atomic E-state index is -0.566. The topological polar surface area (TPSA) is 61.8 Å². The number of hydrogen-bond acceptors (Lipinski definition) is 5. The fraction of sp³-hybridized carbons (Fsp3) is 0.796. The van der Waals surface area contributed by atoms with Gasteiger partial charge in [-0.05, 0) is 44.9 Å². The Labute approximate surface area is 335 Å². The van der Waals surface area contributed by atoms with Gasteiger partial charge in [0.1, 0.15) is 6.61 Å². The molecule has 5 nitrogen and oxygen atoms in total. The van der Waals surface area contributed by atoms with Gasteiger partial charge in [-0.3, -0.25) is 9.59 Å². The Morgan fingerprint density at radius 1 is 0.426 bits per heavy atom. The molecule has 1 unspecified atom stereocenters. The highest BCUT2D eigenvalue weighted by atomic mass is 16.6. The number of allylic oxidation sites excluding steroid dienone is 8. The van der Waals surface area contributed by atoms with Gasteiger partial charge in [-0.1, -0.05) is 217 Å². The SMILES string of the molecule is CC/C=C\C/C=C\C/C=C\C/C=C\CCC(=O)OC(COCCCCCCCCCC)COC(=O)CCCCCCCCCCCCCCCCCCC. The summed E-state index contributed by atoms with van der Waals surface area (Å²) in [5.74, 6) is -0.484. The lowest BCUT2D eigenvalue weighted by molar-refractivity contribution is -0.162. The summed E-state index contributed by atoms with van der Waals surface area (Å²) in [7, 11) is 0. The van der Waals surface area contributed by atoms with Gasteiger partial charge >= 0.3 is 11.9 Å². The van der Waals surface area contributed by atoms with Crippen molar-refractivity contribution in [2.75, 3.05) is 19.8 Å². The standard InChI is InChI=1S/C49H88O5/c1-4-7-10-13-16-19-21-23-24-25-26-28-29-31-33-36-39-42-48(50)53-46-47(45-52-44-41-38-35-18-15-12-9-6-3)54-49(51)43-40-37-34-32-30-27-22-20-17-14-11-8-5-2/h8,11,17,20,27,30,34,37,47H,4-7,9-10,12-16,18-19,21-26,28-29,31-33,35-36,38-46H2,1-3H3/b11-8-,20-17-,30-27-,37-34-. The second-order valence-corrected chi connectivity index (χ2v) is 15.3. The molecule has 0 amide bonds. The Kier molecular flexibility index (Phi) is 43.5. The molecule has 0 heterocycles. The van der Waals surface area contributed by atoms with Crippen molar-refractivity contribution in [3.8, 4) is 0 Å². The highest BCUT2D eigenvalue weighted by molar-refractivity contribution is 5.70. The summed E-state index contributed by atoms with van der Waals surface area (Å²) in [5.41, 5.74) is 0. The molecule has 314 valence electrons. The first-order valence-electron chi connectivity index (χ1n) is 23.2. The molecule has 0 N–H and O–H groups in total. The third-order valence-corrected chi connectivity index (χ3v) is 9.89. The molecule has 0 aromatic carbocycles. The van der Waals surface area contributed by atoms with Crippen LogP contribution in [-0.2, 0) is 23.8 Å². The van der Waals surface area contributed by atoms with Crippen LogP contribution in [0.1, 0.15) is 226 Å². The molecule has 0 aliphatic heterocycles. The van der Waals surface area contributed by atoms with E-state index in [4.69, 9.17) is 14.2 Å². The maximum absolute atomic E-state index is 12.6. The molecular formula is C49H88O5. The molecule has 0 aliphatic rings. The number of hydrogen-bond donors (Lipinski definition) is 0. The summed E-state index contributed by atoms with van der Waals surface area (Å²) in [5, 5.41) is 0. The van der Waals surface area contributed by atoms with Crippen LogP contribution in [-0.4, -0.2) is 37.9 Å². The second kappa shape index (κ2) is 45.3. The minimum Gasteiger partial charge on any atom is -0.462 e. The fourth-order valence-corrected chi connectivity index (χ4v) is 6.46. The van der Waals surface area contributed by atoms with Gasteiger partial charge in [0.25, 0.3) is 0 Å². The van der Waals surface area contributed by atoms with Crippen LogP contribution in [0, 0.1) is 0 Å². The third-order valence-electron chi connectivity index (χ3n) is 9.89. The maximum atomic E-state index is 12.6. The van der Waals surface area contributed by atoms with Gasteiger partial charge < -0.3 is 14.2 Å². The normalized spacial score (nSPS) is 12.6. The van der Waals surface area contributed by atoms with E-state index in [9.17, 15) is 9.59 Å². The van der Waals surface area contributed by atoms with Crippen LogP contribution in [0.4, 0.5) is 0 Å². The average molecular weight is 757 g/mol. The van der Waals surface area contributed by atoms with E-state index in [0.29, 0.717) is 25.9 Å². The van der Waals surface area contributed by atoms with Gasteiger partial charge in [0.05, 0.1) is 6.61 Å². The largest absolute Gasteiger partial charge is 0.462 e. The predicted octanol–water partition coefficient (Wildman–Crippen LogP) is 15.2. The van der Waals surface area contributed by atoms with E-state index < -0.39 is 6.10 Å².